The number of rotatable bonds is 14. The molecule has 0 radical (unpaired) electrons. The highest BCUT2D eigenvalue weighted by Crippen LogP contribution is 2.41. The second-order valence-corrected chi connectivity index (χ2v) is 15.0. The van der Waals surface area contributed by atoms with Gasteiger partial charge in [0.05, 0.1) is 53.6 Å². The van der Waals surface area contributed by atoms with Crippen LogP contribution < -0.4 is 10.6 Å². The number of anilines is 2. The Labute approximate surface area is 342 Å². The highest BCUT2D eigenvalue weighted by molar-refractivity contribution is 5.98. The van der Waals surface area contributed by atoms with Crippen molar-refractivity contribution in [3.63, 3.8) is 0 Å². The number of aromatic nitrogens is 4. The number of benzene rings is 2. The van der Waals surface area contributed by atoms with Gasteiger partial charge in [0.15, 0.2) is 17.1 Å². The number of nitrogens with zero attached hydrogens (tertiary/aromatic N) is 4. The lowest BCUT2D eigenvalue weighted by Crippen LogP contribution is -2.15. The molecule has 4 aromatic heterocycles. The average molecular weight is 831 g/mol. The van der Waals surface area contributed by atoms with Gasteiger partial charge in [0.2, 0.25) is 0 Å². The van der Waals surface area contributed by atoms with Crippen LogP contribution in [0.5, 0.6) is 0 Å². The molecular formula is C45H44F6N6O3. The Morgan fingerprint density at radius 2 is 1.20 bits per heavy atom. The van der Waals surface area contributed by atoms with E-state index < -0.39 is 31.2 Å². The highest BCUT2D eigenvalue weighted by atomic mass is 19.4. The predicted molar refractivity (Wildman–Crippen MR) is 222 cm³/mol. The molecule has 1 aliphatic carbocycles. The summed E-state index contributed by atoms with van der Waals surface area (Å²) in [5.74, 6) is 0.301. The molecule has 3 N–H and O–H groups in total. The number of carbonyl (C=O) groups excluding carboxylic acids is 1. The Morgan fingerprint density at radius 1 is 0.767 bits per heavy atom. The third kappa shape index (κ3) is 10.2. The van der Waals surface area contributed by atoms with Gasteiger partial charge in [-0.25, -0.2) is 14.8 Å². The molecule has 0 spiro atoms. The maximum absolute atomic E-state index is 12.7. The van der Waals surface area contributed by atoms with Crippen molar-refractivity contribution in [2.75, 3.05) is 23.7 Å². The van der Waals surface area contributed by atoms with E-state index in [2.05, 4.69) is 40.7 Å². The lowest BCUT2D eigenvalue weighted by atomic mass is 9.97. The van der Waals surface area contributed by atoms with E-state index in [1.54, 1.807) is 66.3 Å². The minimum Gasteiger partial charge on any atom is -0.478 e. The summed E-state index contributed by atoms with van der Waals surface area (Å²) < 4.78 is 78.6. The first-order valence-corrected chi connectivity index (χ1v) is 19.2. The van der Waals surface area contributed by atoms with Gasteiger partial charge in [-0.3, -0.25) is 13.6 Å². The predicted octanol–water partition coefficient (Wildman–Crippen LogP) is 11.6. The van der Waals surface area contributed by atoms with Crippen molar-refractivity contribution in [3.05, 3.63) is 120 Å². The van der Waals surface area contributed by atoms with E-state index in [4.69, 9.17) is 0 Å². The van der Waals surface area contributed by atoms with Gasteiger partial charge in [-0.15, -0.1) is 0 Å². The lowest BCUT2D eigenvalue weighted by molar-refractivity contribution is -0.132. The van der Waals surface area contributed by atoms with Crippen LogP contribution in [0.15, 0.2) is 86.5 Å². The second-order valence-electron chi connectivity index (χ2n) is 15.0. The van der Waals surface area contributed by atoms with Crippen LogP contribution in [-0.2, 0) is 0 Å². The molecule has 0 bridgehead atoms. The van der Waals surface area contributed by atoms with Crippen LogP contribution in [0.1, 0.15) is 75.6 Å². The van der Waals surface area contributed by atoms with Crippen LogP contribution >= 0.6 is 0 Å². The second kappa shape index (κ2) is 17.5. The number of aryl methyl sites for hydroxylation is 2. The average Bonchev–Trinajstić information content (AvgIpc) is 3.50. The first-order valence-electron chi connectivity index (χ1n) is 19.2. The minimum atomic E-state index is -4.25. The largest absolute Gasteiger partial charge is 0.478 e. The number of ketones is 1. The zero-order chi connectivity index (χ0) is 43.5. The number of nitrogens with one attached hydrogen (secondary N) is 2. The summed E-state index contributed by atoms with van der Waals surface area (Å²) in [7, 11) is 0. The lowest BCUT2D eigenvalue weighted by Gasteiger charge is -2.12. The third-order valence-electron chi connectivity index (χ3n) is 10.5. The molecule has 0 saturated heterocycles. The van der Waals surface area contributed by atoms with Crippen molar-refractivity contribution in [1.29, 1.82) is 0 Å². The maximum Gasteiger partial charge on any atom is 0.390 e. The Bertz CT molecular complexity index is 2590. The van der Waals surface area contributed by atoms with E-state index in [0.717, 1.165) is 39.9 Å². The number of hydrogen-bond acceptors (Lipinski definition) is 6. The van der Waals surface area contributed by atoms with Gasteiger partial charge in [0.1, 0.15) is 0 Å². The number of carboxylic acid groups (broad SMARTS) is 1. The summed E-state index contributed by atoms with van der Waals surface area (Å²) in [6, 6.07) is 14.1. The van der Waals surface area contributed by atoms with Gasteiger partial charge in [-0.1, -0.05) is 50.4 Å². The molecular weight excluding hydrogens is 787 g/mol. The van der Waals surface area contributed by atoms with Gasteiger partial charge in [-0.2, -0.15) is 26.3 Å². The molecule has 1 fully saturated rings. The van der Waals surface area contributed by atoms with E-state index in [9.17, 15) is 41.0 Å². The van der Waals surface area contributed by atoms with Crippen LogP contribution in [0.4, 0.5) is 37.7 Å². The Hall–Kier alpha value is -6.38. The van der Waals surface area contributed by atoms with Crippen LogP contribution in [0.2, 0.25) is 0 Å². The monoisotopic (exact) mass is 830 g/mol. The van der Waals surface area contributed by atoms with Crippen LogP contribution in [0.3, 0.4) is 0 Å². The quantitative estimate of drug-likeness (QED) is 0.0740. The molecule has 0 unspecified atom stereocenters. The molecule has 0 aliphatic heterocycles. The number of alkyl halides is 6. The maximum atomic E-state index is 12.7. The van der Waals surface area contributed by atoms with E-state index in [0.29, 0.717) is 57.7 Å². The molecule has 4 heterocycles. The smallest absolute Gasteiger partial charge is 0.390 e. The molecule has 2 atom stereocenters. The number of Topliss-reactive ketones (excluding diaryl/α,β-unsaturated/α-hetero) is 1. The van der Waals surface area contributed by atoms with Crippen molar-refractivity contribution in [3.8, 4) is 22.5 Å². The van der Waals surface area contributed by atoms with Gasteiger partial charge in [0, 0.05) is 48.6 Å². The standard InChI is InChI=1S/C25H26F3N3O.C20H18F3N3O2/c1-4-17-11-21(29-8-7-25(26,27)28)24-30-13-22(31(24)14-17)18-5-6-20(16(3)10-18)23(32)12-19-9-15(19)2;1-3-13-9-16(24-7-6-20(21,22)23)18-25-10-17(26(18)11-13)14-4-5-15(19(27)28)12(2)8-14/h4-6,10-11,13-15,19,29H,1,7-9,12H2,2-3H3;3-5,8-11,24H,1,6-7H2,2H3,(H,27,28)/t15-,19+;/m0./s1. The summed E-state index contributed by atoms with van der Waals surface area (Å²) in [6.45, 7) is 12.8. The Morgan fingerprint density at radius 3 is 1.57 bits per heavy atom. The summed E-state index contributed by atoms with van der Waals surface area (Å²) >= 11 is 0. The molecule has 314 valence electrons. The summed E-state index contributed by atoms with van der Waals surface area (Å²) in [5.41, 5.74) is 9.02. The summed E-state index contributed by atoms with van der Waals surface area (Å²) in [4.78, 5) is 32.7. The fourth-order valence-corrected chi connectivity index (χ4v) is 7.04. The van der Waals surface area contributed by atoms with Gasteiger partial charge < -0.3 is 15.7 Å². The number of carboxylic acids is 1. The van der Waals surface area contributed by atoms with Crippen LogP contribution in [0.25, 0.3) is 46.0 Å². The SMILES string of the molecule is C=Cc1cc(NCCC(F)(F)F)c2ncc(-c3ccc(C(=O)C[C@H]4C[C@@H]4C)c(C)c3)n2c1.C=Cc1cc(NCCC(F)(F)F)c2ncc(-c3ccc(C(=O)O)c(C)c3)n2c1. The first-order chi connectivity index (χ1) is 28.3. The fraction of sp³-hybridized carbons (Fsp3) is 0.289. The number of imidazole rings is 2. The fourth-order valence-electron chi connectivity index (χ4n) is 7.04. The summed E-state index contributed by atoms with van der Waals surface area (Å²) in [6.07, 6.45) is 1.51. The van der Waals surface area contributed by atoms with Crippen LogP contribution in [0, 0.1) is 25.7 Å². The third-order valence-corrected chi connectivity index (χ3v) is 10.5. The van der Waals surface area contributed by atoms with Crippen molar-refractivity contribution in [2.45, 2.75) is 58.8 Å². The first kappa shape index (κ1) is 43.2. The highest BCUT2D eigenvalue weighted by Gasteiger charge is 2.34. The van der Waals surface area contributed by atoms with Crippen molar-refractivity contribution in [2.24, 2.45) is 11.8 Å². The summed E-state index contributed by atoms with van der Waals surface area (Å²) in [5, 5.41) is 14.8. The minimum absolute atomic E-state index is 0.173. The molecule has 7 rings (SSSR count). The molecule has 60 heavy (non-hydrogen) atoms. The Balaban J connectivity index is 0.000000203. The molecule has 1 aliphatic rings. The van der Waals surface area contributed by atoms with Crippen LogP contribution in [-0.4, -0.2) is 61.1 Å². The number of hydrogen-bond donors (Lipinski definition) is 3. The number of pyridine rings is 2. The number of fused-ring (bicyclic) bond motifs is 2. The molecule has 2 aromatic carbocycles. The molecule has 1 saturated carbocycles. The Kier molecular flexibility index (Phi) is 12.6. The number of carbonyl (C=O) groups is 2. The van der Waals surface area contributed by atoms with Gasteiger partial charge in [-0.05, 0) is 84.7 Å². The van der Waals surface area contributed by atoms with Crippen molar-refractivity contribution < 1.29 is 41.0 Å². The van der Waals surface area contributed by atoms with E-state index in [1.165, 1.54) is 6.07 Å². The van der Waals surface area contributed by atoms with E-state index in [-0.39, 0.29) is 24.4 Å². The molecule has 15 heteroatoms. The van der Waals surface area contributed by atoms with Crippen molar-refractivity contribution in [1.82, 2.24) is 18.8 Å². The molecule has 9 nitrogen and oxygen atoms in total. The van der Waals surface area contributed by atoms with E-state index >= 15 is 0 Å². The molecule has 0 amide bonds. The zero-order valence-electron chi connectivity index (χ0n) is 33.2. The topological polar surface area (TPSA) is 113 Å². The normalized spacial score (nSPS) is 15.0. The molecule has 6 aromatic rings. The van der Waals surface area contributed by atoms with E-state index in [1.807, 2.05) is 35.7 Å². The zero-order valence-corrected chi connectivity index (χ0v) is 33.2. The van der Waals surface area contributed by atoms with Gasteiger partial charge in [0.25, 0.3) is 0 Å². The number of halogens is 6. The van der Waals surface area contributed by atoms with Gasteiger partial charge >= 0.3 is 18.3 Å². The van der Waals surface area contributed by atoms with Crippen molar-refractivity contribution >= 4 is 46.6 Å². The number of aromatic carboxylic acids is 1.